The molecule has 0 radical (unpaired) electrons. The topological polar surface area (TPSA) is 18.5 Å². The van der Waals surface area contributed by atoms with Crippen molar-refractivity contribution in [2.75, 3.05) is 18.5 Å². The average molecular weight is 275 g/mol. The van der Waals surface area contributed by atoms with E-state index in [4.69, 9.17) is 9.47 Å². The van der Waals surface area contributed by atoms with Crippen LogP contribution in [0, 0.1) is 17.8 Å². The van der Waals surface area contributed by atoms with E-state index in [0.29, 0.717) is 11.8 Å². The summed E-state index contributed by atoms with van der Waals surface area (Å²) in [5, 5.41) is 1.08. The van der Waals surface area contributed by atoms with Gasteiger partial charge in [-0.1, -0.05) is 22.4 Å². The van der Waals surface area contributed by atoms with Gasteiger partial charge >= 0.3 is 0 Å². The minimum Gasteiger partial charge on any atom is -0.349 e. The monoisotopic (exact) mass is 274 g/mol. The van der Waals surface area contributed by atoms with E-state index >= 15 is 0 Å². The Bertz CT molecular complexity index is 238. The van der Waals surface area contributed by atoms with Gasteiger partial charge in [-0.3, -0.25) is 0 Å². The zero-order valence-electron chi connectivity index (χ0n) is 9.08. The highest BCUT2D eigenvalue weighted by Crippen LogP contribution is 2.62. The molecule has 0 bridgehead atoms. The molecule has 86 valence electrons. The Kier molecular flexibility index (Phi) is 2.82. The van der Waals surface area contributed by atoms with E-state index in [1.165, 1.54) is 25.7 Å². The van der Waals surface area contributed by atoms with Crippen molar-refractivity contribution in [1.82, 2.24) is 0 Å². The minimum absolute atomic E-state index is 0.160. The number of ether oxygens (including phenoxy) is 2. The van der Waals surface area contributed by atoms with E-state index in [1.54, 1.807) is 0 Å². The first-order chi connectivity index (χ1) is 7.38. The fourth-order valence-electron chi connectivity index (χ4n) is 3.95. The third-order valence-corrected chi connectivity index (χ3v) is 4.94. The van der Waals surface area contributed by atoms with Crippen molar-refractivity contribution >= 4 is 15.9 Å². The molecule has 15 heavy (non-hydrogen) atoms. The summed E-state index contributed by atoms with van der Waals surface area (Å²) in [5.74, 6) is 2.10. The van der Waals surface area contributed by atoms with Gasteiger partial charge in [-0.25, -0.2) is 0 Å². The predicted octanol–water partition coefficient (Wildman–Crippen LogP) is 2.95. The summed E-state index contributed by atoms with van der Waals surface area (Å²) >= 11 is 3.56. The van der Waals surface area contributed by atoms with Crippen LogP contribution in [0.15, 0.2) is 0 Å². The van der Waals surface area contributed by atoms with Gasteiger partial charge < -0.3 is 9.47 Å². The van der Waals surface area contributed by atoms with Crippen molar-refractivity contribution in [2.45, 2.75) is 37.9 Å². The third-order valence-electron chi connectivity index (χ3n) is 4.48. The number of alkyl halides is 1. The van der Waals surface area contributed by atoms with Gasteiger partial charge in [0.15, 0.2) is 5.79 Å². The van der Waals surface area contributed by atoms with E-state index in [-0.39, 0.29) is 5.79 Å². The predicted molar refractivity (Wildman–Crippen MR) is 62.0 cm³/mol. The lowest BCUT2D eigenvalue weighted by Crippen LogP contribution is -2.65. The fourth-order valence-corrected chi connectivity index (χ4v) is 4.44. The molecule has 3 heteroatoms. The van der Waals surface area contributed by atoms with Crippen LogP contribution in [0.3, 0.4) is 0 Å². The largest absolute Gasteiger partial charge is 0.349 e. The molecule has 0 aromatic heterocycles. The Morgan fingerprint density at radius 1 is 1.13 bits per heavy atom. The molecule has 1 spiro atoms. The molecule has 0 aromatic carbocycles. The van der Waals surface area contributed by atoms with Crippen molar-refractivity contribution in [3.63, 3.8) is 0 Å². The first-order valence-corrected chi connectivity index (χ1v) is 7.34. The van der Waals surface area contributed by atoms with Gasteiger partial charge in [-0.05, 0) is 31.6 Å². The molecule has 1 saturated heterocycles. The van der Waals surface area contributed by atoms with Crippen LogP contribution < -0.4 is 0 Å². The summed E-state index contributed by atoms with van der Waals surface area (Å²) in [4.78, 5) is 0. The zero-order valence-corrected chi connectivity index (χ0v) is 10.7. The zero-order chi connectivity index (χ0) is 10.3. The standard InChI is InChI=1S/C12H19BrO2/c13-6-5-11-9-3-1-4-10(9)12(11)14-7-2-8-15-12/h9-11H,1-8H2/t9-,10+,11-/m1/s1. The van der Waals surface area contributed by atoms with Crippen molar-refractivity contribution in [3.05, 3.63) is 0 Å². The van der Waals surface area contributed by atoms with E-state index in [0.717, 1.165) is 30.9 Å². The van der Waals surface area contributed by atoms with Crippen LogP contribution in [0.5, 0.6) is 0 Å². The lowest BCUT2D eigenvalue weighted by Gasteiger charge is -2.59. The van der Waals surface area contributed by atoms with Gasteiger partial charge in [-0.15, -0.1) is 0 Å². The Morgan fingerprint density at radius 2 is 1.93 bits per heavy atom. The molecule has 2 nitrogen and oxygen atoms in total. The van der Waals surface area contributed by atoms with Crippen LogP contribution in [0.4, 0.5) is 0 Å². The van der Waals surface area contributed by atoms with Crippen LogP contribution in [0.2, 0.25) is 0 Å². The molecule has 1 aliphatic heterocycles. The lowest BCUT2D eigenvalue weighted by atomic mass is 9.59. The van der Waals surface area contributed by atoms with Crippen LogP contribution >= 0.6 is 15.9 Å². The van der Waals surface area contributed by atoms with E-state index < -0.39 is 0 Å². The number of halogens is 1. The maximum atomic E-state index is 6.04. The average Bonchev–Trinajstić information content (AvgIpc) is 2.73. The van der Waals surface area contributed by atoms with Gasteiger partial charge in [0.05, 0.1) is 13.2 Å². The highest BCUT2D eigenvalue weighted by Gasteiger charge is 2.65. The van der Waals surface area contributed by atoms with Crippen molar-refractivity contribution in [1.29, 1.82) is 0 Å². The first-order valence-electron chi connectivity index (χ1n) is 6.22. The fraction of sp³-hybridized carbons (Fsp3) is 1.00. The molecular formula is C12H19BrO2. The number of fused-ring (bicyclic) bond motifs is 2. The molecule has 0 unspecified atom stereocenters. The Hall–Kier alpha value is 0.400. The smallest absolute Gasteiger partial charge is 0.174 e. The van der Waals surface area contributed by atoms with Crippen molar-refractivity contribution in [2.24, 2.45) is 17.8 Å². The molecule has 1 heterocycles. The summed E-state index contributed by atoms with van der Waals surface area (Å²) in [6, 6.07) is 0. The van der Waals surface area contributed by atoms with Gasteiger partial charge in [0, 0.05) is 17.2 Å². The second-order valence-electron chi connectivity index (χ2n) is 5.06. The molecule has 0 amide bonds. The second kappa shape index (κ2) is 4.01. The van der Waals surface area contributed by atoms with Crippen LogP contribution in [-0.2, 0) is 9.47 Å². The Labute approximate surface area is 99.8 Å². The number of hydrogen-bond acceptors (Lipinski definition) is 2. The van der Waals surface area contributed by atoms with Gasteiger partial charge in [0.2, 0.25) is 0 Å². The summed E-state index contributed by atoms with van der Waals surface area (Å²) in [6.45, 7) is 1.81. The molecule has 3 rings (SSSR count). The Balaban J connectivity index is 1.78. The molecule has 0 N–H and O–H groups in total. The van der Waals surface area contributed by atoms with Crippen molar-refractivity contribution < 1.29 is 9.47 Å². The van der Waals surface area contributed by atoms with Gasteiger partial charge in [0.25, 0.3) is 0 Å². The first kappa shape index (κ1) is 10.5. The van der Waals surface area contributed by atoms with E-state index in [9.17, 15) is 0 Å². The molecule has 2 aliphatic carbocycles. The van der Waals surface area contributed by atoms with Crippen molar-refractivity contribution in [3.8, 4) is 0 Å². The summed E-state index contributed by atoms with van der Waals surface area (Å²) < 4.78 is 12.1. The Morgan fingerprint density at radius 3 is 2.67 bits per heavy atom. The lowest BCUT2D eigenvalue weighted by molar-refractivity contribution is -0.381. The van der Waals surface area contributed by atoms with Gasteiger partial charge in [-0.2, -0.15) is 0 Å². The molecule has 2 saturated carbocycles. The number of rotatable bonds is 2. The van der Waals surface area contributed by atoms with Crippen LogP contribution in [0.1, 0.15) is 32.1 Å². The normalized spacial score (nSPS) is 42.6. The molecular weight excluding hydrogens is 256 g/mol. The van der Waals surface area contributed by atoms with Gasteiger partial charge in [0.1, 0.15) is 0 Å². The second-order valence-corrected chi connectivity index (χ2v) is 5.85. The quantitative estimate of drug-likeness (QED) is 0.721. The summed E-state index contributed by atoms with van der Waals surface area (Å²) in [7, 11) is 0. The molecule has 3 atom stereocenters. The third kappa shape index (κ3) is 1.43. The number of hydrogen-bond donors (Lipinski definition) is 0. The highest BCUT2D eigenvalue weighted by atomic mass is 79.9. The van der Waals surface area contributed by atoms with Crippen LogP contribution in [-0.4, -0.2) is 24.3 Å². The van der Waals surface area contributed by atoms with E-state index in [2.05, 4.69) is 15.9 Å². The molecule has 3 aliphatic rings. The summed E-state index contributed by atoms with van der Waals surface area (Å²) in [5.41, 5.74) is 0. The molecule has 0 aromatic rings. The SMILES string of the molecule is BrCC[C@@H]1[C@@H]2CCC[C@@H]2C12OCCCO2. The van der Waals surface area contributed by atoms with Crippen LogP contribution in [0.25, 0.3) is 0 Å². The minimum atomic E-state index is -0.160. The molecule has 3 fully saturated rings. The maximum Gasteiger partial charge on any atom is 0.174 e. The maximum absolute atomic E-state index is 6.04. The highest BCUT2D eigenvalue weighted by molar-refractivity contribution is 9.09. The van der Waals surface area contributed by atoms with E-state index in [1.807, 2.05) is 0 Å². The summed E-state index contributed by atoms with van der Waals surface area (Å²) in [6.07, 6.45) is 6.38.